The smallest absolute Gasteiger partial charge is 0.262 e. The molecule has 0 aliphatic carbocycles. The van der Waals surface area contributed by atoms with Crippen LogP contribution >= 0.6 is 11.8 Å². The Hall–Kier alpha value is -3.20. The van der Waals surface area contributed by atoms with Crippen molar-refractivity contribution in [1.29, 1.82) is 0 Å². The van der Waals surface area contributed by atoms with Crippen molar-refractivity contribution in [1.82, 2.24) is 9.88 Å². The molecule has 154 valence electrons. The van der Waals surface area contributed by atoms with Gasteiger partial charge in [-0.3, -0.25) is 14.4 Å². The molecule has 4 rings (SSSR count). The SMILES string of the molecule is O=C(C[C@H]1SC(N2CCCC2)=NC1=O)Nc1ccc(C(=O)Nc2ccccn2)cc1. The first-order chi connectivity index (χ1) is 14.6. The number of aliphatic imine (C=N–C) groups is 1. The van der Waals surface area contributed by atoms with Crippen LogP contribution < -0.4 is 10.6 Å². The highest BCUT2D eigenvalue weighted by Gasteiger charge is 2.33. The molecule has 1 aromatic heterocycles. The number of thioether (sulfide) groups is 1. The summed E-state index contributed by atoms with van der Waals surface area (Å²) in [5.41, 5.74) is 1.01. The molecule has 1 aromatic carbocycles. The topological polar surface area (TPSA) is 104 Å². The van der Waals surface area contributed by atoms with Crippen LogP contribution in [0.3, 0.4) is 0 Å². The molecule has 0 saturated carbocycles. The van der Waals surface area contributed by atoms with Crippen LogP contribution in [0.2, 0.25) is 0 Å². The molecule has 0 unspecified atom stereocenters. The first kappa shape index (κ1) is 20.1. The van der Waals surface area contributed by atoms with Crippen molar-refractivity contribution in [2.24, 2.45) is 4.99 Å². The molecule has 1 atom stereocenters. The number of carbonyl (C=O) groups is 3. The molecular formula is C21H21N5O3S. The van der Waals surface area contributed by atoms with Gasteiger partial charge in [0.1, 0.15) is 11.1 Å². The van der Waals surface area contributed by atoms with E-state index < -0.39 is 5.25 Å². The molecule has 9 heteroatoms. The summed E-state index contributed by atoms with van der Waals surface area (Å²) in [4.78, 5) is 47.0. The van der Waals surface area contributed by atoms with E-state index in [9.17, 15) is 14.4 Å². The fraction of sp³-hybridized carbons (Fsp3) is 0.286. The Balaban J connectivity index is 1.29. The highest BCUT2D eigenvalue weighted by atomic mass is 32.2. The van der Waals surface area contributed by atoms with Crippen LogP contribution in [-0.2, 0) is 9.59 Å². The minimum absolute atomic E-state index is 0.0618. The van der Waals surface area contributed by atoms with Gasteiger partial charge in [-0.2, -0.15) is 4.99 Å². The average molecular weight is 423 g/mol. The van der Waals surface area contributed by atoms with Crippen LogP contribution in [0.5, 0.6) is 0 Å². The Bertz CT molecular complexity index is 972. The van der Waals surface area contributed by atoms with Gasteiger partial charge in [-0.15, -0.1) is 0 Å². The van der Waals surface area contributed by atoms with Crippen molar-refractivity contribution < 1.29 is 14.4 Å². The summed E-state index contributed by atoms with van der Waals surface area (Å²) in [6, 6.07) is 11.8. The van der Waals surface area contributed by atoms with E-state index in [1.54, 1.807) is 48.7 Å². The van der Waals surface area contributed by atoms with Gasteiger partial charge in [0.15, 0.2) is 5.17 Å². The van der Waals surface area contributed by atoms with Crippen molar-refractivity contribution in [2.75, 3.05) is 23.7 Å². The predicted octanol–water partition coefficient (Wildman–Crippen LogP) is 2.76. The lowest BCUT2D eigenvalue weighted by atomic mass is 10.2. The molecule has 0 radical (unpaired) electrons. The second kappa shape index (κ2) is 9.08. The number of nitrogens with one attached hydrogen (secondary N) is 2. The zero-order chi connectivity index (χ0) is 20.9. The minimum atomic E-state index is -0.482. The van der Waals surface area contributed by atoms with E-state index in [2.05, 4.69) is 25.5 Å². The van der Waals surface area contributed by atoms with Gasteiger partial charge in [-0.05, 0) is 49.2 Å². The number of rotatable bonds is 5. The van der Waals surface area contributed by atoms with Crippen LogP contribution in [0.1, 0.15) is 29.6 Å². The second-order valence-electron chi connectivity index (χ2n) is 7.03. The number of carbonyl (C=O) groups excluding carboxylic acids is 3. The molecule has 3 heterocycles. The maximum atomic E-state index is 12.4. The second-order valence-corrected chi connectivity index (χ2v) is 8.20. The molecule has 1 saturated heterocycles. The number of amidine groups is 1. The molecule has 2 aromatic rings. The number of nitrogens with zero attached hydrogens (tertiary/aromatic N) is 3. The van der Waals surface area contributed by atoms with Gasteiger partial charge in [-0.25, -0.2) is 4.98 Å². The third-order valence-electron chi connectivity index (χ3n) is 4.81. The Morgan fingerprint density at radius 3 is 2.53 bits per heavy atom. The third kappa shape index (κ3) is 4.85. The molecule has 2 N–H and O–H groups in total. The highest BCUT2D eigenvalue weighted by Crippen LogP contribution is 2.29. The monoisotopic (exact) mass is 423 g/mol. The van der Waals surface area contributed by atoms with Crippen molar-refractivity contribution in [3.8, 4) is 0 Å². The molecule has 0 spiro atoms. The number of amides is 3. The maximum absolute atomic E-state index is 12.4. The van der Waals surface area contributed by atoms with Crippen LogP contribution in [0.15, 0.2) is 53.7 Å². The summed E-state index contributed by atoms with van der Waals surface area (Å²) in [5.74, 6) is -0.330. The predicted molar refractivity (Wildman–Crippen MR) is 117 cm³/mol. The number of pyridine rings is 1. The van der Waals surface area contributed by atoms with Gasteiger partial charge in [-0.1, -0.05) is 17.8 Å². The molecule has 2 aliphatic heterocycles. The van der Waals surface area contributed by atoms with E-state index in [0.29, 0.717) is 17.1 Å². The van der Waals surface area contributed by atoms with Crippen molar-refractivity contribution >= 4 is 46.2 Å². The minimum Gasteiger partial charge on any atom is -0.351 e. The van der Waals surface area contributed by atoms with Crippen LogP contribution in [0, 0.1) is 0 Å². The lowest BCUT2D eigenvalue weighted by Gasteiger charge is -2.16. The molecule has 1 fully saturated rings. The van der Waals surface area contributed by atoms with Crippen molar-refractivity contribution in [3.05, 3.63) is 54.2 Å². The van der Waals surface area contributed by atoms with E-state index in [1.807, 2.05) is 0 Å². The maximum Gasteiger partial charge on any atom is 0.262 e. The quantitative estimate of drug-likeness (QED) is 0.766. The van der Waals surface area contributed by atoms with Gasteiger partial charge in [0.25, 0.3) is 11.8 Å². The summed E-state index contributed by atoms with van der Waals surface area (Å²) < 4.78 is 0. The lowest BCUT2D eigenvalue weighted by Crippen LogP contribution is -2.25. The fourth-order valence-electron chi connectivity index (χ4n) is 3.26. The molecule has 0 bridgehead atoms. The van der Waals surface area contributed by atoms with Crippen LogP contribution in [-0.4, -0.2) is 51.1 Å². The van der Waals surface area contributed by atoms with Gasteiger partial charge in [0.2, 0.25) is 5.91 Å². The van der Waals surface area contributed by atoms with Crippen LogP contribution in [0.25, 0.3) is 0 Å². The molecule has 2 aliphatic rings. The normalized spacial score (nSPS) is 18.3. The average Bonchev–Trinajstić information content (AvgIpc) is 3.40. The first-order valence-corrected chi connectivity index (χ1v) is 10.6. The van der Waals surface area contributed by atoms with E-state index >= 15 is 0 Å². The summed E-state index contributed by atoms with van der Waals surface area (Å²) in [6.07, 6.45) is 3.87. The van der Waals surface area contributed by atoms with Gasteiger partial charge in [0.05, 0.1) is 0 Å². The van der Waals surface area contributed by atoms with E-state index in [4.69, 9.17) is 0 Å². The van der Waals surface area contributed by atoms with Crippen LogP contribution in [0.4, 0.5) is 11.5 Å². The van der Waals surface area contributed by atoms with Crippen molar-refractivity contribution in [3.63, 3.8) is 0 Å². The largest absolute Gasteiger partial charge is 0.351 e. The number of benzene rings is 1. The molecular weight excluding hydrogens is 402 g/mol. The van der Waals surface area contributed by atoms with E-state index in [-0.39, 0.29) is 24.1 Å². The Kier molecular flexibility index (Phi) is 6.08. The lowest BCUT2D eigenvalue weighted by molar-refractivity contribution is -0.121. The fourth-order valence-corrected chi connectivity index (χ4v) is 4.38. The van der Waals surface area contributed by atoms with E-state index in [1.165, 1.54) is 11.8 Å². The Labute approximate surface area is 178 Å². The third-order valence-corrected chi connectivity index (χ3v) is 6.03. The zero-order valence-electron chi connectivity index (χ0n) is 16.2. The number of hydrogen-bond donors (Lipinski definition) is 2. The highest BCUT2D eigenvalue weighted by molar-refractivity contribution is 8.15. The molecule has 8 nitrogen and oxygen atoms in total. The Morgan fingerprint density at radius 1 is 1.07 bits per heavy atom. The van der Waals surface area contributed by atoms with Gasteiger partial charge < -0.3 is 15.5 Å². The number of likely N-dealkylation sites (tertiary alicyclic amines) is 1. The van der Waals surface area contributed by atoms with E-state index in [0.717, 1.165) is 31.1 Å². The molecule has 30 heavy (non-hydrogen) atoms. The summed E-state index contributed by atoms with van der Waals surface area (Å²) in [6.45, 7) is 1.83. The number of anilines is 2. The summed E-state index contributed by atoms with van der Waals surface area (Å²) in [7, 11) is 0. The summed E-state index contributed by atoms with van der Waals surface area (Å²) in [5, 5.41) is 5.73. The summed E-state index contributed by atoms with van der Waals surface area (Å²) >= 11 is 1.37. The number of hydrogen-bond acceptors (Lipinski definition) is 6. The molecule has 3 amide bonds. The first-order valence-electron chi connectivity index (χ1n) is 9.75. The number of aromatic nitrogens is 1. The Morgan fingerprint density at radius 2 is 1.83 bits per heavy atom. The van der Waals surface area contributed by atoms with Gasteiger partial charge in [0, 0.05) is 37.0 Å². The van der Waals surface area contributed by atoms with Crippen molar-refractivity contribution in [2.45, 2.75) is 24.5 Å². The zero-order valence-corrected chi connectivity index (χ0v) is 17.0. The standard InChI is InChI=1S/C21H21N5O3S/c27-18(13-16-20(29)25-21(30-16)26-11-3-4-12-26)23-15-8-6-14(7-9-15)19(28)24-17-5-1-2-10-22-17/h1-2,5-10,16H,3-4,11-13H2,(H,23,27)(H,22,24,28)/t16-/m1/s1. The van der Waals surface area contributed by atoms with Gasteiger partial charge >= 0.3 is 0 Å².